The minimum absolute atomic E-state index is 0.124. The molecule has 1 fully saturated rings. The van der Waals surface area contributed by atoms with Crippen molar-refractivity contribution in [3.63, 3.8) is 0 Å². The van der Waals surface area contributed by atoms with Crippen molar-refractivity contribution in [1.82, 2.24) is 14.2 Å². The van der Waals surface area contributed by atoms with E-state index in [-0.39, 0.29) is 5.78 Å². The Balaban J connectivity index is 1.41. The topological polar surface area (TPSA) is 28.0 Å². The lowest BCUT2D eigenvalue weighted by molar-refractivity contribution is 0.0595. The Morgan fingerprint density at radius 1 is 0.970 bits per heavy atom. The van der Waals surface area contributed by atoms with E-state index in [1.807, 2.05) is 30.5 Å². The summed E-state index contributed by atoms with van der Waals surface area (Å²) in [6, 6.07) is 17.8. The second kappa shape index (κ2) is 10.7. The van der Waals surface area contributed by atoms with Crippen LogP contribution in [0.15, 0.2) is 54.7 Å². The van der Waals surface area contributed by atoms with Crippen molar-refractivity contribution in [2.24, 2.45) is 0 Å². The molecule has 0 radical (unpaired) electrons. The number of aromatic nitrogens is 1. The van der Waals surface area contributed by atoms with Crippen LogP contribution >= 0.6 is 0 Å². The first kappa shape index (κ1) is 23.7. The summed E-state index contributed by atoms with van der Waals surface area (Å²) >= 11 is 0. The summed E-state index contributed by atoms with van der Waals surface area (Å²) in [7, 11) is 2.24. The van der Waals surface area contributed by atoms with E-state index < -0.39 is 0 Å². The molecule has 0 N–H and O–H groups in total. The molecule has 3 heterocycles. The van der Waals surface area contributed by atoms with Crippen molar-refractivity contribution in [2.45, 2.75) is 65.0 Å². The third-order valence-corrected chi connectivity index (χ3v) is 7.36. The minimum Gasteiger partial charge on any atom is -0.313 e. The van der Waals surface area contributed by atoms with E-state index in [0.29, 0.717) is 12.1 Å². The summed E-state index contributed by atoms with van der Waals surface area (Å²) in [6.45, 7) is 10.3. The molecule has 4 nitrogen and oxygen atoms in total. The normalized spacial score (nSPS) is 19.9. The molecular formula is C29H39N3O. The number of rotatable bonds is 9. The molecule has 33 heavy (non-hydrogen) atoms. The van der Waals surface area contributed by atoms with E-state index in [0.717, 1.165) is 74.1 Å². The highest BCUT2D eigenvalue weighted by Gasteiger charge is 2.25. The lowest BCUT2D eigenvalue weighted by atomic mass is 10.00. The first-order valence-electron chi connectivity index (χ1n) is 12.6. The van der Waals surface area contributed by atoms with E-state index in [1.54, 1.807) is 0 Å². The van der Waals surface area contributed by atoms with Crippen molar-refractivity contribution in [3.8, 4) is 0 Å². The van der Waals surface area contributed by atoms with Gasteiger partial charge in [-0.3, -0.25) is 9.69 Å². The largest absolute Gasteiger partial charge is 0.313 e. The van der Waals surface area contributed by atoms with Gasteiger partial charge in [0, 0.05) is 42.5 Å². The summed E-state index contributed by atoms with van der Waals surface area (Å²) in [4.78, 5) is 18.6. The zero-order valence-corrected chi connectivity index (χ0v) is 20.8. The number of likely N-dealkylation sites (N-methyl/N-ethyl adjacent to an activating group) is 1. The fraction of sp³-hybridized carbons (Fsp3) is 0.483. The molecule has 0 unspecified atom stereocenters. The number of piperazine rings is 1. The molecule has 2 atom stereocenters. The Hall–Kier alpha value is -2.43. The van der Waals surface area contributed by atoms with E-state index in [2.05, 4.69) is 66.3 Å². The number of hydrogen-bond acceptors (Lipinski definition) is 3. The van der Waals surface area contributed by atoms with Gasteiger partial charge >= 0.3 is 0 Å². The summed E-state index contributed by atoms with van der Waals surface area (Å²) in [5.74, 6) is 0.124. The first-order valence-corrected chi connectivity index (χ1v) is 12.6. The minimum atomic E-state index is 0.124. The van der Waals surface area contributed by atoms with E-state index in [9.17, 15) is 4.79 Å². The van der Waals surface area contributed by atoms with Gasteiger partial charge in [-0.05, 0) is 82.4 Å². The van der Waals surface area contributed by atoms with Crippen molar-refractivity contribution in [2.75, 3.05) is 26.7 Å². The Morgan fingerprint density at radius 2 is 1.70 bits per heavy atom. The molecule has 4 rings (SSSR count). The SMILES string of the molecule is CCCCc1cc2ccccn2c1C(=O)c1ccc(CCCN2C[C@@H](C)N(C)[C@@H](C)C2)cc1. The zero-order valence-electron chi connectivity index (χ0n) is 20.8. The van der Waals surface area contributed by atoms with Gasteiger partial charge in [-0.2, -0.15) is 0 Å². The number of unbranched alkanes of at least 4 members (excludes halogenated alkanes) is 1. The monoisotopic (exact) mass is 445 g/mol. The van der Waals surface area contributed by atoms with Gasteiger partial charge in [-0.25, -0.2) is 0 Å². The number of benzene rings is 1. The Labute approximate surface area is 199 Å². The van der Waals surface area contributed by atoms with Crippen LogP contribution in [-0.2, 0) is 12.8 Å². The molecule has 1 saturated heterocycles. The van der Waals surface area contributed by atoms with Crippen LogP contribution in [0.3, 0.4) is 0 Å². The molecular weight excluding hydrogens is 406 g/mol. The Kier molecular flexibility index (Phi) is 7.67. The summed E-state index contributed by atoms with van der Waals surface area (Å²) in [6.07, 6.45) is 7.38. The van der Waals surface area contributed by atoms with Gasteiger partial charge in [0.05, 0.1) is 5.69 Å². The summed E-state index contributed by atoms with van der Waals surface area (Å²) in [5, 5.41) is 0. The molecule has 4 heteroatoms. The van der Waals surface area contributed by atoms with Gasteiger partial charge < -0.3 is 9.30 Å². The van der Waals surface area contributed by atoms with E-state index in [1.165, 1.54) is 5.56 Å². The van der Waals surface area contributed by atoms with Crippen molar-refractivity contribution < 1.29 is 4.79 Å². The van der Waals surface area contributed by atoms with Gasteiger partial charge in [0.2, 0.25) is 5.78 Å². The first-order chi connectivity index (χ1) is 16.0. The number of ketones is 1. The molecule has 176 valence electrons. The van der Waals surface area contributed by atoms with Crippen LogP contribution in [0.25, 0.3) is 5.52 Å². The molecule has 1 aliphatic rings. The van der Waals surface area contributed by atoms with Gasteiger partial charge in [0.15, 0.2) is 0 Å². The van der Waals surface area contributed by atoms with E-state index in [4.69, 9.17) is 0 Å². The lowest BCUT2D eigenvalue weighted by Gasteiger charge is -2.42. The second-order valence-corrected chi connectivity index (χ2v) is 9.87. The van der Waals surface area contributed by atoms with Gasteiger partial charge in [0.25, 0.3) is 0 Å². The van der Waals surface area contributed by atoms with Crippen LogP contribution in [0.4, 0.5) is 0 Å². The highest BCUT2D eigenvalue weighted by Crippen LogP contribution is 2.23. The highest BCUT2D eigenvalue weighted by molar-refractivity contribution is 6.09. The van der Waals surface area contributed by atoms with Crippen LogP contribution in [0.1, 0.15) is 67.2 Å². The number of carbonyl (C=O) groups excluding carboxylic acids is 1. The quantitative estimate of drug-likeness (QED) is 0.409. The Morgan fingerprint density at radius 3 is 2.39 bits per heavy atom. The number of pyridine rings is 1. The second-order valence-electron chi connectivity index (χ2n) is 9.87. The Bertz CT molecular complexity index is 1060. The van der Waals surface area contributed by atoms with E-state index >= 15 is 0 Å². The molecule has 0 spiro atoms. The van der Waals surface area contributed by atoms with Crippen LogP contribution < -0.4 is 0 Å². The molecule has 0 amide bonds. The van der Waals surface area contributed by atoms with Crippen LogP contribution in [0.2, 0.25) is 0 Å². The smallest absolute Gasteiger partial charge is 0.210 e. The summed E-state index contributed by atoms with van der Waals surface area (Å²) in [5.41, 5.74) is 5.17. The lowest BCUT2D eigenvalue weighted by Crippen LogP contribution is -2.54. The molecule has 2 aromatic heterocycles. The maximum absolute atomic E-state index is 13.5. The predicted octanol–water partition coefficient (Wildman–Crippen LogP) is 5.47. The summed E-state index contributed by atoms with van der Waals surface area (Å²) < 4.78 is 2.05. The maximum Gasteiger partial charge on any atom is 0.210 e. The molecule has 0 aliphatic carbocycles. The number of aryl methyl sites for hydroxylation is 2. The van der Waals surface area contributed by atoms with Gasteiger partial charge in [0.1, 0.15) is 0 Å². The molecule has 0 bridgehead atoms. The van der Waals surface area contributed by atoms with Gasteiger partial charge in [-0.15, -0.1) is 0 Å². The fourth-order valence-corrected chi connectivity index (χ4v) is 5.15. The molecule has 1 aliphatic heterocycles. The predicted molar refractivity (Wildman–Crippen MR) is 137 cm³/mol. The standard InChI is InChI=1S/C29H39N3O/c1-5-6-11-26-19-27-12-7-8-18-32(27)28(26)29(33)25-15-13-24(14-16-25)10-9-17-31-20-22(2)30(4)23(3)21-31/h7-8,12-16,18-19,22-23H,5-6,9-11,17,20-21H2,1-4H3/t22-,23+. The van der Waals surface area contributed by atoms with Crippen LogP contribution in [-0.4, -0.2) is 58.7 Å². The zero-order chi connectivity index (χ0) is 23.4. The highest BCUT2D eigenvalue weighted by atomic mass is 16.1. The average molecular weight is 446 g/mol. The molecule has 0 saturated carbocycles. The van der Waals surface area contributed by atoms with Crippen LogP contribution in [0, 0.1) is 0 Å². The van der Waals surface area contributed by atoms with Crippen molar-refractivity contribution >= 4 is 11.3 Å². The number of fused-ring (bicyclic) bond motifs is 1. The third-order valence-electron chi connectivity index (χ3n) is 7.36. The number of carbonyl (C=O) groups is 1. The van der Waals surface area contributed by atoms with Crippen molar-refractivity contribution in [1.29, 1.82) is 0 Å². The van der Waals surface area contributed by atoms with Crippen molar-refractivity contribution in [3.05, 3.63) is 77.1 Å². The van der Waals surface area contributed by atoms with Crippen LogP contribution in [0.5, 0.6) is 0 Å². The third kappa shape index (κ3) is 5.39. The fourth-order valence-electron chi connectivity index (χ4n) is 5.15. The average Bonchev–Trinajstić information content (AvgIpc) is 3.19. The molecule has 3 aromatic rings. The molecule has 1 aromatic carbocycles. The maximum atomic E-state index is 13.5. The number of nitrogens with zero attached hydrogens (tertiary/aromatic N) is 3. The number of hydrogen-bond donors (Lipinski definition) is 0. The van der Waals surface area contributed by atoms with Gasteiger partial charge in [-0.1, -0.05) is 43.7 Å².